The van der Waals surface area contributed by atoms with E-state index in [-0.39, 0.29) is 0 Å². The molecule has 84 valence electrons. The van der Waals surface area contributed by atoms with E-state index in [1.807, 2.05) is 0 Å². The molecule has 14 heavy (non-hydrogen) atoms. The molecule has 2 atom stereocenters. The van der Waals surface area contributed by atoms with Crippen molar-refractivity contribution in [3.05, 3.63) is 0 Å². The number of likely N-dealkylation sites (tertiary alicyclic amines) is 1. The lowest BCUT2D eigenvalue weighted by atomic mass is 9.90. The minimum Gasteiger partial charge on any atom is -0.306 e. The highest BCUT2D eigenvalue weighted by molar-refractivity contribution is 4.87. The third-order valence-corrected chi connectivity index (χ3v) is 3.47. The van der Waals surface area contributed by atoms with Gasteiger partial charge in [-0.15, -0.1) is 0 Å². The van der Waals surface area contributed by atoms with Crippen molar-refractivity contribution in [2.24, 2.45) is 5.92 Å². The molecule has 1 aliphatic rings. The van der Waals surface area contributed by atoms with Gasteiger partial charge in [0.2, 0.25) is 0 Å². The summed E-state index contributed by atoms with van der Waals surface area (Å²) in [6, 6.07) is 0.772. The summed E-state index contributed by atoms with van der Waals surface area (Å²) in [7, 11) is 4.40. The van der Waals surface area contributed by atoms with E-state index in [4.69, 9.17) is 0 Å². The lowest BCUT2D eigenvalue weighted by Crippen LogP contribution is -2.53. The largest absolute Gasteiger partial charge is 0.306 e. The Labute approximate surface area is 89.3 Å². The van der Waals surface area contributed by atoms with Crippen LogP contribution in [-0.2, 0) is 0 Å². The summed E-state index contributed by atoms with van der Waals surface area (Å²) < 4.78 is 0. The quantitative estimate of drug-likeness (QED) is 0.636. The first-order valence-electron chi connectivity index (χ1n) is 5.74. The van der Waals surface area contributed by atoms with Crippen molar-refractivity contribution in [1.29, 1.82) is 0 Å². The zero-order valence-electron chi connectivity index (χ0n) is 10.7. The maximum Gasteiger partial charge on any atom is 0.0139 e. The SMILES string of the molecule is C[C@@H]1CN(C(C)(C)C)CC[C@@H]1N(C)C. The van der Waals surface area contributed by atoms with Crippen molar-refractivity contribution in [2.45, 2.75) is 45.7 Å². The second-order valence-corrected chi connectivity index (χ2v) is 5.91. The molecule has 0 radical (unpaired) electrons. The van der Waals surface area contributed by atoms with Gasteiger partial charge in [0.1, 0.15) is 0 Å². The summed E-state index contributed by atoms with van der Waals surface area (Å²) in [4.78, 5) is 4.99. The van der Waals surface area contributed by atoms with E-state index in [9.17, 15) is 0 Å². The predicted molar refractivity (Wildman–Crippen MR) is 62.6 cm³/mol. The Kier molecular flexibility index (Phi) is 3.59. The van der Waals surface area contributed by atoms with Crippen LogP contribution in [0.3, 0.4) is 0 Å². The van der Waals surface area contributed by atoms with Gasteiger partial charge in [-0.1, -0.05) is 6.92 Å². The third kappa shape index (κ3) is 2.71. The van der Waals surface area contributed by atoms with Gasteiger partial charge in [-0.25, -0.2) is 0 Å². The van der Waals surface area contributed by atoms with Gasteiger partial charge >= 0.3 is 0 Å². The second-order valence-electron chi connectivity index (χ2n) is 5.91. The van der Waals surface area contributed by atoms with Gasteiger partial charge in [-0.2, -0.15) is 0 Å². The first-order valence-corrected chi connectivity index (χ1v) is 5.74. The Morgan fingerprint density at radius 3 is 2.14 bits per heavy atom. The van der Waals surface area contributed by atoms with Crippen LogP contribution in [0.2, 0.25) is 0 Å². The predicted octanol–water partition coefficient (Wildman–Crippen LogP) is 2.06. The summed E-state index contributed by atoms with van der Waals surface area (Å²) >= 11 is 0. The van der Waals surface area contributed by atoms with Crippen molar-refractivity contribution in [3.8, 4) is 0 Å². The minimum absolute atomic E-state index is 0.339. The first kappa shape index (κ1) is 12.0. The average Bonchev–Trinajstić information content (AvgIpc) is 2.01. The van der Waals surface area contributed by atoms with Gasteiger partial charge in [-0.3, -0.25) is 4.90 Å². The molecule has 0 aromatic carbocycles. The minimum atomic E-state index is 0.339. The Hall–Kier alpha value is -0.0800. The summed E-state index contributed by atoms with van der Waals surface area (Å²) in [6.45, 7) is 11.8. The molecule has 1 saturated heterocycles. The topological polar surface area (TPSA) is 6.48 Å². The summed E-state index contributed by atoms with van der Waals surface area (Å²) in [6.07, 6.45) is 1.31. The number of hydrogen-bond donors (Lipinski definition) is 0. The molecule has 1 rings (SSSR count). The first-order chi connectivity index (χ1) is 6.32. The highest BCUT2D eigenvalue weighted by Crippen LogP contribution is 2.25. The van der Waals surface area contributed by atoms with Crippen molar-refractivity contribution < 1.29 is 0 Å². The van der Waals surface area contributed by atoms with E-state index in [1.165, 1.54) is 19.5 Å². The van der Waals surface area contributed by atoms with Gasteiger partial charge in [0.05, 0.1) is 0 Å². The fourth-order valence-corrected chi connectivity index (χ4v) is 2.51. The standard InChI is InChI=1S/C12H26N2/c1-10-9-14(12(2,3)4)8-7-11(10)13(5)6/h10-11H,7-9H2,1-6H3/t10-,11+/m1/s1. The fourth-order valence-electron chi connectivity index (χ4n) is 2.51. The Bertz CT molecular complexity index is 181. The van der Waals surface area contributed by atoms with Gasteiger partial charge in [0.15, 0.2) is 0 Å². The zero-order valence-corrected chi connectivity index (χ0v) is 10.7. The highest BCUT2D eigenvalue weighted by Gasteiger charge is 2.32. The lowest BCUT2D eigenvalue weighted by Gasteiger charge is -2.45. The number of nitrogens with zero attached hydrogens (tertiary/aromatic N) is 2. The molecule has 2 heteroatoms. The van der Waals surface area contributed by atoms with Crippen LogP contribution in [0, 0.1) is 5.92 Å². The zero-order chi connectivity index (χ0) is 10.9. The van der Waals surface area contributed by atoms with Crippen molar-refractivity contribution in [2.75, 3.05) is 27.2 Å². The Balaban J connectivity index is 2.55. The van der Waals surface area contributed by atoms with Crippen molar-refractivity contribution in [1.82, 2.24) is 9.80 Å². The average molecular weight is 198 g/mol. The van der Waals surface area contributed by atoms with E-state index in [1.54, 1.807) is 0 Å². The van der Waals surface area contributed by atoms with Crippen LogP contribution in [0.5, 0.6) is 0 Å². The maximum absolute atomic E-state index is 2.61. The van der Waals surface area contributed by atoms with Gasteiger partial charge in [-0.05, 0) is 47.2 Å². The monoisotopic (exact) mass is 198 g/mol. The van der Waals surface area contributed by atoms with E-state index < -0.39 is 0 Å². The molecule has 0 bridgehead atoms. The molecular weight excluding hydrogens is 172 g/mol. The number of piperidine rings is 1. The highest BCUT2D eigenvalue weighted by atomic mass is 15.2. The maximum atomic E-state index is 2.61. The van der Waals surface area contributed by atoms with Crippen molar-refractivity contribution in [3.63, 3.8) is 0 Å². The van der Waals surface area contributed by atoms with Crippen LogP contribution >= 0.6 is 0 Å². The third-order valence-electron chi connectivity index (χ3n) is 3.47. The van der Waals surface area contributed by atoms with Gasteiger partial charge in [0, 0.05) is 24.7 Å². The van der Waals surface area contributed by atoms with Crippen LogP contribution in [0.25, 0.3) is 0 Å². The Morgan fingerprint density at radius 1 is 1.21 bits per heavy atom. The normalized spacial score (nSPS) is 31.1. The molecule has 0 unspecified atom stereocenters. The van der Waals surface area contributed by atoms with Gasteiger partial charge < -0.3 is 4.90 Å². The van der Waals surface area contributed by atoms with E-state index >= 15 is 0 Å². The smallest absolute Gasteiger partial charge is 0.0139 e. The molecule has 2 nitrogen and oxygen atoms in total. The molecule has 0 aromatic rings. The van der Waals surface area contributed by atoms with Gasteiger partial charge in [0.25, 0.3) is 0 Å². The molecule has 1 fully saturated rings. The molecule has 0 aromatic heterocycles. The van der Waals surface area contributed by atoms with Crippen LogP contribution in [0.1, 0.15) is 34.1 Å². The molecule has 0 N–H and O–H groups in total. The lowest BCUT2D eigenvalue weighted by molar-refractivity contribution is 0.0373. The van der Waals surface area contributed by atoms with Crippen LogP contribution < -0.4 is 0 Å². The van der Waals surface area contributed by atoms with E-state index in [0.717, 1.165) is 12.0 Å². The Morgan fingerprint density at radius 2 is 1.79 bits per heavy atom. The van der Waals surface area contributed by atoms with Crippen molar-refractivity contribution >= 4 is 0 Å². The molecule has 0 aliphatic carbocycles. The molecule has 1 heterocycles. The number of hydrogen-bond acceptors (Lipinski definition) is 2. The number of rotatable bonds is 1. The summed E-state index contributed by atoms with van der Waals surface area (Å²) in [5.74, 6) is 0.790. The van der Waals surface area contributed by atoms with Crippen LogP contribution in [0.15, 0.2) is 0 Å². The molecule has 0 spiro atoms. The van der Waals surface area contributed by atoms with Crippen LogP contribution in [-0.4, -0.2) is 48.6 Å². The molecule has 1 aliphatic heterocycles. The summed E-state index contributed by atoms with van der Waals surface area (Å²) in [5, 5.41) is 0. The molecule has 0 amide bonds. The summed E-state index contributed by atoms with van der Waals surface area (Å²) in [5.41, 5.74) is 0.339. The molecule has 0 saturated carbocycles. The molecular formula is C12H26N2. The fraction of sp³-hybridized carbons (Fsp3) is 1.00. The van der Waals surface area contributed by atoms with Crippen LogP contribution in [0.4, 0.5) is 0 Å². The van der Waals surface area contributed by atoms with E-state index in [0.29, 0.717) is 5.54 Å². The second kappa shape index (κ2) is 4.19. The van der Waals surface area contributed by atoms with E-state index in [2.05, 4.69) is 51.6 Å².